The molecule has 2 atom stereocenters. The average molecular weight is 258 g/mol. The molecule has 0 radical (unpaired) electrons. The van der Waals surface area contributed by atoms with Crippen molar-refractivity contribution in [2.45, 2.75) is 51.6 Å². The minimum absolute atomic E-state index is 0.597. The van der Waals surface area contributed by atoms with Crippen molar-refractivity contribution in [3.63, 3.8) is 0 Å². The molecule has 2 unspecified atom stereocenters. The molecule has 0 bridgehead atoms. The second kappa shape index (κ2) is 5.16. The van der Waals surface area contributed by atoms with Crippen LogP contribution in [-0.2, 0) is 0 Å². The van der Waals surface area contributed by atoms with E-state index in [1.54, 1.807) is 0 Å². The lowest BCUT2D eigenvalue weighted by Crippen LogP contribution is -2.56. The van der Waals surface area contributed by atoms with Crippen molar-refractivity contribution in [2.75, 3.05) is 18.0 Å². The highest BCUT2D eigenvalue weighted by Crippen LogP contribution is 2.35. The summed E-state index contributed by atoms with van der Waals surface area (Å²) in [6.45, 7) is 9.13. The molecule has 1 aromatic carbocycles. The third-order valence-electron chi connectivity index (χ3n) is 4.68. The van der Waals surface area contributed by atoms with Crippen molar-refractivity contribution in [1.29, 1.82) is 0 Å². The zero-order chi connectivity index (χ0) is 13.4. The van der Waals surface area contributed by atoms with E-state index in [0.29, 0.717) is 18.0 Å². The molecule has 0 aromatic heterocycles. The third-order valence-corrected chi connectivity index (χ3v) is 4.68. The van der Waals surface area contributed by atoms with Crippen LogP contribution in [0.1, 0.15) is 45.1 Å². The second-order valence-corrected chi connectivity index (χ2v) is 6.60. The summed E-state index contributed by atoms with van der Waals surface area (Å²) in [6.07, 6.45) is 2.85. The van der Waals surface area contributed by atoms with E-state index in [1.807, 2.05) is 0 Å². The molecule has 1 aliphatic carbocycles. The highest BCUT2D eigenvalue weighted by atomic mass is 15.2. The van der Waals surface area contributed by atoms with Gasteiger partial charge < -0.3 is 10.2 Å². The molecule has 0 spiro atoms. The third kappa shape index (κ3) is 2.79. The fraction of sp³-hybridized carbons (Fsp3) is 0.647. The quantitative estimate of drug-likeness (QED) is 0.894. The van der Waals surface area contributed by atoms with Gasteiger partial charge in [0.2, 0.25) is 0 Å². The molecule has 2 heteroatoms. The molecule has 0 amide bonds. The number of hydrogen-bond donors (Lipinski definition) is 1. The van der Waals surface area contributed by atoms with E-state index in [0.717, 1.165) is 12.5 Å². The smallest absolute Gasteiger partial charge is 0.0387 e. The number of nitrogens with one attached hydrogen (secondary N) is 1. The monoisotopic (exact) mass is 258 g/mol. The van der Waals surface area contributed by atoms with Gasteiger partial charge in [-0.2, -0.15) is 0 Å². The number of rotatable bonds is 3. The summed E-state index contributed by atoms with van der Waals surface area (Å²) in [5.74, 6) is 1.55. The zero-order valence-corrected chi connectivity index (χ0v) is 12.4. The average Bonchev–Trinajstić information content (AvgIpc) is 3.24. The van der Waals surface area contributed by atoms with Crippen LogP contribution in [0.5, 0.6) is 0 Å². The van der Waals surface area contributed by atoms with Crippen molar-refractivity contribution in [3.8, 4) is 0 Å². The minimum Gasteiger partial charge on any atom is -0.366 e. The standard InChI is InChI=1S/C17H26N2/c1-12(2)14-6-8-16(9-7-14)19-11-17(15-4-5-15)18-10-13(19)3/h6-9,12-13,15,17-18H,4-5,10-11H2,1-3H3. The molecule has 104 valence electrons. The Bertz CT molecular complexity index is 419. The van der Waals surface area contributed by atoms with E-state index in [-0.39, 0.29) is 0 Å². The van der Waals surface area contributed by atoms with E-state index in [1.165, 1.54) is 30.6 Å². The molecule has 2 aliphatic rings. The van der Waals surface area contributed by atoms with Crippen molar-refractivity contribution in [1.82, 2.24) is 5.32 Å². The molecular weight excluding hydrogens is 232 g/mol. The normalized spacial score (nSPS) is 27.9. The molecule has 1 aromatic rings. The summed E-state index contributed by atoms with van der Waals surface area (Å²) in [5.41, 5.74) is 2.83. The topological polar surface area (TPSA) is 15.3 Å². The SMILES string of the molecule is CC(C)c1ccc(N2CC(C3CC3)NCC2C)cc1. The predicted octanol–water partition coefficient (Wildman–Crippen LogP) is 3.39. The van der Waals surface area contributed by atoms with Crippen molar-refractivity contribution in [3.05, 3.63) is 29.8 Å². The number of anilines is 1. The van der Waals surface area contributed by atoms with Gasteiger partial charge in [0.15, 0.2) is 0 Å². The van der Waals surface area contributed by atoms with E-state index >= 15 is 0 Å². The molecule has 1 aliphatic heterocycles. The molecular formula is C17H26N2. The molecule has 3 rings (SSSR count). The number of hydrogen-bond acceptors (Lipinski definition) is 2. The Morgan fingerprint density at radius 2 is 1.84 bits per heavy atom. The number of benzene rings is 1. The fourth-order valence-electron chi connectivity index (χ4n) is 3.11. The van der Waals surface area contributed by atoms with Crippen LogP contribution in [0.25, 0.3) is 0 Å². The predicted molar refractivity (Wildman–Crippen MR) is 81.9 cm³/mol. The lowest BCUT2D eigenvalue weighted by Gasteiger charge is -2.40. The van der Waals surface area contributed by atoms with Crippen LogP contribution in [0.15, 0.2) is 24.3 Å². The van der Waals surface area contributed by atoms with Crippen LogP contribution < -0.4 is 10.2 Å². The Morgan fingerprint density at radius 3 is 2.42 bits per heavy atom. The first-order chi connectivity index (χ1) is 9.15. The highest BCUT2D eigenvalue weighted by Gasteiger charge is 2.36. The van der Waals surface area contributed by atoms with Crippen molar-refractivity contribution in [2.24, 2.45) is 5.92 Å². The maximum absolute atomic E-state index is 3.72. The summed E-state index contributed by atoms with van der Waals surface area (Å²) in [7, 11) is 0. The fourth-order valence-corrected chi connectivity index (χ4v) is 3.11. The summed E-state index contributed by atoms with van der Waals surface area (Å²) < 4.78 is 0. The molecule has 1 heterocycles. The van der Waals surface area contributed by atoms with Gasteiger partial charge in [0, 0.05) is 30.9 Å². The number of nitrogens with zero attached hydrogens (tertiary/aromatic N) is 1. The molecule has 1 saturated carbocycles. The van der Waals surface area contributed by atoms with Gasteiger partial charge in [-0.15, -0.1) is 0 Å². The van der Waals surface area contributed by atoms with E-state index in [9.17, 15) is 0 Å². The van der Waals surface area contributed by atoms with Gasteiger partial charge in [-0.05, 0) is 49.3 Å². The van der Waals surface area contributed by atoms with Gasteiger partial charge in [-0.1, -0.05) is 26.0 Å². The minimum atomic E-state index is 0.597. The molecule has 1 N–H and O–H groups in total. The summed E-state index contributed by atoms with van der Waals surface area (Å²) in [5, 5.41) is 3.72. The van der Waals surface area contributed by atoms with E-state index in [2.05, 4.69) is 55.3 Å². The highest BCUT2D eigenvalue weighted by molar-refractivity contribution is 5.49. The number of piperazine rings is 1. The largest absolute Gasteiger partial charge is 0.366 e. The van der Waals surface area contributed by atoms with Crippen LogP contribution in [0.2, 0.25) is 0 Å². The van der Waals surface area contributed by atoms with Gasteiger partial charge in [0.05, 0.1) is 0 Å². The zero-order valence-electron chi connectivity index (χ0n) is 12.4. The maximum atomic E-state index is 3.72. The van der Waals surface area contributed by atoms with Crippen LogP contribution in [0, 0.1) is 5.92 Å². The van der Waals surface area contributed by atoms with Crippen molar-refractivity contribution >= 4 is 5.69 Å². The summed E-state index contributed by atoms with van der Waals surface area (Å²) in [4.78, 5) is 2.59. The Balaban J connectivity index is 1.74. The van der Waals surface area contributed by atoms with E-state index in [4.69, 9.17) is 0 Å². The van der Waals surface area contributed by atoms with Gasteiger partial charge in [0.25, 0.3) is 0 Å². The maximum Gasteiger partial charge on any atom is 0.0387 e. The lowest BCUT2D eigenvalue weighted by atomic mass is 10.0. The first-order valence-corrected chi connectivity index (χ1v) is 7.75. The lowest BCUT2D eigenvalue weighted by molar-refractivity contribution is 0.376. The molecule has 2 nitrogen and oxygen atoms in total. The Labute approximate surface area is 117 Å². The van der Waals surface area contributed by atoms with Gasteiger partial charge in [0.1, 0.15) is 0 Å². The molecule has 19 heavy (non-hydrogen) atoms. The van der Waals surface area contributed by atoms with E-state index < -0.39 is 0 Å². The van der Waals surface area contributed by atoms with Crippen LogP contribution in [0.4, 0.5) is 5.69 Å². The summed E-state index contributed by atoms with van der Waals surface area (Å²) in [6, 6.07) is 10.5. The van der Waals surface area contributed by atoms with Gasteiger partial charge in [-0.25, -0.2) is 0 Å². The Kier molecular flexibility index (Phi) is 3.53. The summed E-state index contributed by atoms with van der Waals surface area (Å²) >= 11 is 0. The van der Waals surface area contributed by atoms with Gasteiger partial charge in [-0.3, -0.25) is 0 Å². The first kappa shape index (κ1) is 13.0. The van der Waals surface area contributed by atoms with Crippen LogP contribution >= 0.6 is 0 Å². The Hall–Kier alpha value is -1.02. The Morgan fingerprint density at radius 1 is 1.16 bits per heavy atom. The van der Waals surface area contributed by atoms with Crippen LogP contribution in [0.3, 0.4) is 0 Å². The van der Waals surface area contributed by atoms with Gasteiger partial charge >= 0.3 is 0 Å². The molecule has 1 saturated heterocycles. The first-order valence-electron chi connectivity index (χ1n) is 7.75. The second-order valence-electron chi connectivity index (χ2n) is 6.60. The van der Waals surface area contributed by atoms with Crippen LogP contribution in [-0.4, -0.2) is 25.2 Å². The molecule has 2 fully saturated rings. The van der Waals surface area contributed by atoms with Crippen molar-refractivity contribution < 1.29 is 0 Å².